The molecule has 1 unspecified atom stereocenters. The van der Waals surface area contributed by atoms with E-state index in [1.54, 1.807) is 0 Å². The molecule has 2 aromatic rings. The van der Waals surface area contributed by atoms with Crippen molar-refractivity contribution >= 4 is 5.69 Å². The maximum Gasteiger partial charge on any atom is 0.0664 e. The van der Waals surface area contributed by atoms with Crippen LogP contribution in [0.4, 0.5) is 5.69 Å². The Kier molecular flexibility index (Phi) is 4.46. The van der Waals surface area contributed by atoms with Gasteiger partial charge in [0.2, 0.25) is 0 Å². The van der Waals surface area contributed by atoms with Gasteiger partial charge in [0, 0.05) is 19.3 Å². The van der Waals surface area contributed by atoms with Crippen LogP contribution < -0.4 is 10.6 Å². The van der Waals surface area contributed by atoms with Crippen molar-refractivity contribution in [2.75, 3.05) is 18.5 Å². The summed E-state index contributed by atoms with van der Waals surface area (Å²) in [6.07, 6.45) is 0. The van der Waals surface area contributed by atoms with Crippen molar-refractivity contribution in [1.29, 1.82) is 0 Å². The monoisotopic (exact) mass is 268 g/mol. The van der Waals surface area contributed by atoms with E-state index in [0.29, 0.717) is 6.54 Å². The summed E-state index contributed by atoms with van der Waals surface area (Å²) >= 11 is 0. The third kappa shape index (κ3) is 2.86. The van der Waals surface area contributed by atoms with Gasteiger partial charge in [-0.15, -0.1) is 0 Å². The number of nitrogens with zero attached hydrogens (tertiary/aromatic N) is 1. The van der Waals surface area contributed by atoms with Gasteiger partial charge in [-0.1, -0.05) is 35.9 Å². The Bertz CT molecular complexity index is 572. The number of anilines is 1. The summed E-state index contributed by atoms with van der Waals surface area (Å²) in [4.78, 5) is 2.27. The van der Waals surface area contributed by atoms with Crippen molar-refractivity contribution in [1.82, 2.24) is 0 Å². The van der Waals surface area contributed by atoms with Crippen LogP contribution >= 0.6 is 0 Å². The average Bonchev–Trinajstić information content (AvgIpc) is 2.45. The van der Waals surface area contributed by atoms with Crippen molar-refractivity contribution in [3.8, 4) is 0 Å². The first-order valence-electron chi connectivity index (χ1n) is 7.10. The molecule has 0 heterocycles. The van der Waals surface area contributed by atoms with E-state index in [4.69, 9.17) is 5.73 Å². The zero-order valence-corrected chi connectivity index (χ0v) is 12.9. The third-order valence-corrected chi connectivity index (χ3v) is 4.14. The van der Waals surface area contributed by atoms with Crippen LogP contribution in [0.5, 0.6) is 0 Å². The molecule has 20 heavy (non-hydrogen) atoms. The van der Waals surface area contributed by atoms with Crippen molar-refractivity contribution in [3.05, 3.63) is 64.7 Å². The minimum Gasteiger partial charge on any atom is -0.366 e. The van der Waals surface area contributed by atoms with Crippen LogP contribution in [0.1, 0.15) is 28.3 Å². The molecule has 0 saturated carbocycles. The molecule has 0 spiro atoms. The lowest BCUT2D eigenvalue weighted by atomic mass is 9.96. The Morgan fingerprint density at radius 2 is 1.65 bits per heavy atom. The molecule has 0 bridgehead atoms. The molecule has 0 fully saturated rings. The minimum atomic E-state index is 0.206. The van der Waals surface area contributed by atoms with Crippen molar-refractivity contribution < 1.29 is 0 Å². The average molecular weight is 268 g/mol. The Labute approximate surface area is 122 Å². The van der Waals surface area contributed by atoms with Gasteiger partial charge in [-0.3, -0.25) is 0 Å². The van der Waals surface area contributed by atoms with Crippen molar-refractivity contribution in [2.45, 2.75) is 26.8 Å². The van der Waals surface area contributed by atoms with Crippen LogP contribution in [-0.4, -0.2) is 13.6 Å². The fourth-order valence-electron chi connectivity index (χ4n) is 2.59. The summed E-state index contributed by atoms with van der Waals surface area (Å²) < 4.78 is 0. The molecule has 106 valence electrons. The fraction of sp³-hybridized carbons (Fsp3) is 0.333. The fourth-order valence-corrected chi connectivity index (χ4v) is 2.59. The van der Waals surface area contributed by atoms with Crippen LogP contribution in [0.2, 0.25) is 0 Å². The number of rotatable bonds is 4. The number of aryl methyl sites for hydroxylation is 2. The molecule has 0 amide bonds. The highest BCUT2D eigenvalue weighted by molar-refractivity contribution is 5.50. The number of likely N-dealkylation sites (N-methyl/N-ethyl adjacent to an activating group) is 1. The highest BCUT2D eigenvalue weighted by atomic mass is 15.1. The predicted molar refractivity (Wildman–Crippen MR) is 87.3 cm³/mol. The maximum atomic E-state index is 6.05. The first kappa shape index (κ1) is 14.6. The lowest BCUT2D eigenvalue weighted by molar-refractivity contribution is 0.676. The zero-order chi connectivity index (χ0) is 14.7. The number of hydrogen-bond acceptors (Lipinski definition) is 2. The van der Waals surface area contributed by atoms with E-state index in [9.17, 15) is 0 Å². The normalized spacial score (nSPS) is 12.2. The smallest absolute Gasteiger partial charge is 0.0664 e. The lowest BCUT2D eigenvalue weighted by Gasteiger charge is -2.31. The van der Waals surface area contributed by atoms with Gasteiger partial charge < -0.3 is 10.6 Å². The molecular formula is C18H24N2. The van der Waals surface area contributed by atoms with E-state index in [2.05, 4.69) is 75.2 Å². The summed E-state index contributed by atoms with van der Waals surface area (Å²) in [6, 6.07) is 15.3. The quantitative estimate of drug-likeness (QED) is 0.915. The molecule has 2 heteroatoms. The molecule has 0 aliphatic rings. The molecule has 0 aromatic heterocycles. The molecule has 0 saturated heterocycles. The van der Waals surface area contributed by atoms with Crippen LogP contribution in [0, 0.1) is 20.8 Å². The highest BCUT2D eigenvalue weighted by Crippen LogP contribution is 2.28. The molecule has 2 N–H and O–H groups in total. The standard InChI is InChI=1S/C18H24N2/c1-13-8-10-16(11-9-13)20(4)18(12-19)17-7-5-6-14(2)15(17)3/h5-11,18H,12,19H2,1-4H3. The Balaban J connectivity index is 2.36. The second-order valence-corrected chi connectivity index (χ2v) is 5.49. The first-order chi connectivity index (χ1) is 9.54. The molecule has 2 rings (SSSR count). The van der Waals surface area contributed by atoms with E-state index in [1.807, 2.05) is 0 Å². The molecular weight excluding hydrogens is 244 g/mol. The minimum absolute atomic E-state index is 0.206. The lowest BCUT2D eigenvalue weighted by Crippen LogP contribution is -2.31. The Morgan fingerprint density at radius 1 is 1.00 bits per heavy atom. The van der Waals surface area contributed by atoms with Crippen LogP contribution in [0.3, 0.4) is 0 Å². The van der Waals surface area contributed by atoms with Gasteiger partial charge in [0.15, 0.2) is 0 Å². The summed E-state index contributed by atoms with van der Waals surface area (Å²) in [5.41, 5.74) is 12.5. The van der Waals surface area contributed by atoms with Crippen molar-refractivity contribution in [2.24, 2.45) is 5.73 Å². The van der Waals surface area contributed by atoms with E-state index in [-0.39, 0.29) is 6.04 Å². The topological polar surface area (TPSA) is 29.3 Å². The molecule has 1 atom stereocenters. The largest absolute Gasteiger partial charge is 0.366 e. The van der Waals surface area contributed by atoms with Gasteiger partial charge >= 0.3 is 0 Å². The van der Waals surface area contributed by atoms with Gasteiger partial charge in [-0.05, 0) is 49.6 Å². The summed E-state index contributed by atoms with van der Waals surface area (Å²) in [5, 5.41) is 0. The Hall–Kier alpha value is -1.80. The van der Waals surface area contributed by atoms with Crippen molar-refractivity contribution in [3.63, 3.8) is 0 Å². The van der Waals surface area contributed by atoms with Gasteiger partial charge in [-0.25, -0.2) is 0 Å². The molecule has 0 radical (unpaired) electrons. The third-order valence-electron chi connectivity index (χ3n) is 4.14. The molecule has 2 aromatic carbocycles. The predicted octanol–water partition coefficient (Wildman–Crippen LogP) is 3.75. The SMILES string of the molecule is Cc1ccc(N(C)C(CN)c2cccc(C)c2C)cc1. The van der Waals surface area contributed by atoms with E-state index < -0.39 is 0 Å². The van der Waals surface area contributed by atoms with E-state index in [0.717, 1.165) is 0 Å². The van der Waals surface area contributed by atoms with Gasteiger partial charge in [0.1, 0.15) is 0 Å². The second-order valence-electron chi connectivity index (χ2n) is 5.49. The van der Waals surface area contributed by atoms with Gasteiger partial charge in [-0.2, -0.15) is 0 Å². The highest BCUT2D eigenvalue weighted by Gasteiger charge is 2.18. The maximum absolute atomic E-state index is 6.05. The van der Waals surface area contributed by atoms with Crippen LogP contribution in [0.25, 0.3) is 0 Å². The number of benzene rings is 2. The molecule has 0 aliphatic carbocycles. The summed E-state index contributed by atoms with van der Waals surface area (Å²) in [6.45, 7) is 7.04. The molecule has 2 nitrogen and oxygen atoms in total. The van der Waals surface area contributed by atoms with Crippen LogP contribution in [-0.2, 0) is 0 Å². The van der Waals surface area contributed by atoms with Gasteiger partial charge in [0.25, 0.3) is 0 Å². The second kappa shape index (κ2) is 6.10. The van der Waals surface area contributed by atoms with Gasteiger partial charge in [0.05, 0.1) is 6.04 Å². The van der Waals surface area contributed by atoms with Crippen LogP contribution in [0.15, 0.2) is 42.5 Å². The van der Waals surface area contributed by atoms with E-state index >= 15 is 0 Å². The molecule has 0 aliphatic heterocycles. The first-order valence-corrected chi connectivity index (χ1v) is 7.10. The number of nitrogens with two attached hydrogens (primary N) is 1. The summed E-state index contributed by atoms with van der Waals surface area (Å²) in [5.74, 6) is 0. The van der Waals surface area contributed by atoms with E-state index in [1.165, 1.54) is 27.9 Å². The zero-order valence-electron chi connectivity index (χ0n) is 12.9. The summed E-state index contributed by atoms with van der Waals surface area (Å²) in [7, 11) is 2.12. The number of hydrogen-bond donors (Lipinski definition) is 1. The Morgan fingerprint density at radius 3 is 2.25 bits per heavy atom.